The van der Waals surface area contributed by atoms with E-state index in [1.165, 1.54) is 9.13 Å². The molecule has 3 N–H and O–H groups in total. The van der Waals surface area contributed by atoms with E-state index < -0.39 is 0 Å². The highest BCUT2D eigenvalue weighted by Gasteiger charge is 2.06. The van der Waals surface area contributed by atoms with Gasteiger partial charge in [0.25, 0.3) is 0 Å². The lowest BCUT2D eigenvalue weighted by molar-refractivity contribution is 0.182. The number of nitrogens with one attached hydrogen (secondary N) is 1. The van der Waals surface area contributed by atoms with Crippen molar-refractivity contribution in [2.24, 2.45) is 5.84 Å². The van der Waals surface area contributed by atoms with Gasteiger partial charge in [-0.3, -0.25) is 11.3 Å². The lowest BCUT2D eigenvalue weighted by Gasteiger charge is -2.15. The van der Waals surface area contributed by atoms with E-state index in [1.54, 1.807) is 7.11 Å². The summed E-state index contributed by atoms with van der Waals surface area (Å²) in [5.41, 5.74) is 4.12. The molecule has 4 heteroatoms. The number of ether oxygens (including phenoxy) is 1. The highest BCUT2D eigenvalue weighted by Crippen LogP contribution is 2.09. The molecular weight excluding hydrogens is 303 g/mol. The molecule has 0 aliphatic heterocycles. The Morgan fingerprint density at radius 1 is 1.40 bits per heavy atom. The van der Waals surface area contributed by atoms with Crippen molar-refractivity contribution in [2.75, 3.05) is 13.7 Å². The van der Waals surface area contributed by atoms with Crippen LogP contribution in [0, 0.1) is 3.57 Å². The third-order valence-corrected chi connectivity index (χ3v) is 3.02. The fourth-order valence-electron chi connectivity index (χ4n) is 1.41. The normalized spacial score (nSPS) is 12.7. The molecule has 1 atom stereocenters. The monoisotopic (exact) mass is 320 g/mol. The van der Waals surface area contributed by atoms with Crippen LogP contribution in [0.2, 0.25) is 0 Å². The summed E-state index contributed by atoms with van der Waals surface area (Å²) in [5, 5.41) is 0. The summed E-state index contributed by atoms with van der Waals surface area (Å²) in [5.74, 6) is 5.48. The van der Waals surface area contributed by atoms with Gasteiger partial charge in [0.05, 0.1) is 0 Å². The minimum Gasteiger partial charge on any atom is -0.385 e. The lowest BCUT2D eigenvalue weighted by atomic mass is 10.0. The van der Waals surface area contributed by atoms with Gasteiger partial charge in [-0.15, -0.1) is 0 Å². The van der Waals surface area contributed by atoms with Gasteiger partial charge < -0.3 is 4.74 Å². The second-order valence-corrected chi connectivity index (χ2v) is 4.72. The molecule has 0 aromatic heterocycles. The van der Waals surface area contributed by atoms with Crippen LogP contribution in [0.25, 0.3) is 0 Å². The zero-order valence-electron chi connectivity index (χ0n) is 8.87. The minimum atomic E-state index is 0.282. The van der Waals surface area contributed by atoms with Gasteiger partial charge in [-0.1, -0.05) is 12.1 Å². The quantitative estimate of drug-likeness (QED) is 0.476. The first-order valence-corrected chi connectivity index (χ1v) is 6.03. The van der Waals surface area contributed by atoms with Gasteiger partial charge in [0.1, 0.15) is 0 Å². The smallest absolute Gasteiger partial charge is 0.0477 e. The van der Waals surface area contributed by atoms with Crippen LogP contribution in [-0.2, 0) is 11.2 Å². The van der Waals surface area contributed by atoms with Crippen LogP contribution < -0.4 is 11.3 Å². The van der Waals surface area contributed by atoms with Crippen LogP contribution >= 0.6 is 22.6 Å². The highest BCUT2D eigenvalue weighted by molar-refractivity contribution is 14.1. The number of rotatable bonds is 6. The molecule has 0 spiro atoms. The van der Waals surface area contributed by atoms with E-state index in [1.807, 2.05) is 0 Å². The van der Waals surface area contributed by atoms with Crippen molar-refractivity contribution in [1.82, 2.24) is 5.43 Å². The molecule has 0 radical (unpaired) electrons. The van der Waals surface area contributed by atoms with Crippen LogP contribution in [-0.4, -0.2) is 19.8 Å². The van der Waals surface area contributed by atoms with Gasteiger partial charge in [-0.05, 0) is 53.1 Å². The number of benzene rings is 1. The fourth-order valence-corrected chi connectivity index (χ4v) is 1.77. The maximum absolute atomic E-state index is 5.48. The van der Waals surface area contributed by atoms with E-state index in [4.69, 9.17) is 10.6 Å². The molecule has 0 aliphatic rings. The Hall–Kier alpha value is -0.170. The predicted molar refractivity (Wildman–Crippen MR) is 70.5 cm³/mol. The Bertz CT molecular complexity index is 276. The van der Waals surface area contributed by atoms with E-state index in [9.17, 15) is 0 Å². The molecule has 0 saturated heterocycles. The summed E-state index contributed by atoms with van der Waals surface area (Å²) in [6, 6.07) is 8.78. The molecule has 15 heavy (non-hydrogen) atoms. The SMILES string of the molecule is COCCC(Cc1ccc(I)cc1)NN. The Balaban J connectivity index is 2.47. The molecular formula is C11H17IN2O. The number of halogens is 1. The average molecular weight is 320 g/mol. The summed E-state index contributed by atoms with van der Waals surface area (Å²) in [4.78, 5) is 0. The van der Waals surface area contributed by atoms with E-state index in [0.717, 1.165) is 19.4 Å². The first-order chi connectivity index (χ1) is 7.26. The number of hydrogen-bond acceptors (Lipinski definition) is 3. The van der Waals surface area contributed by atoms with Crippen LogP contribution in [0.4, 0.5) is 0 Å². The molecule has 0 amide bonds. The first-order valence-electron chi connectivity index (χ1n) is 4.95. The van der Waals surface area contributed by atoms with Crippen molar-refractivity contribution >= 4 is 22.6 Å². The summed E-state index contributed by atoms with van der Waals surface area (Å²) < 4.78 is 6.29. The standard InChI is InChI=1S/C11H17IN2O/c1-15-7-6-11(14-13)8-9-2-4-10(12)5-3-9/h2-5,11,14H,6-8,13H2,1H3. The topological polar surface area (TPSA) is 47.3 Å². The van der Waals surface area contributed by atoms with E-state index in [0.29, 0.717) is 0 Å². The maximum atomic E-state index is 5.48. The van der Waals surface area contributed by atoms with Crippen molar-refractivity contribution < 1.29 is 4.74 Å². The highest BCUT2D eigenvalue weighted by atomic mass is 127. The molecule has 0 saturated carbocycles. The van der Waals surface area contributed by atoms with Crippen molar-refractivity contribution in [3.05, 3.63) is 33.4 Å². The fraction of sp³-hybridized carbons (Fsp3) is 0.455. The van der Waals surface area contributed by atoms with Gasteiger partial charge in [0.15, 0.2) is 0 Å². The largest absolute Gasteiger partial charge is 0.385 e. The molecule has 84 valence electrons. The zero-order chi connectivity index (χ0) is 11.1. The maximum Gasteiger partial charge on any atom is 0.0477 e. The van der Waals surface area contributed by atoms with Gasteiger partial charge >= 0.3 is 0 Å². The Kier molecular flexibility index (Phi) is 6.16. The molecule has 1 aromatic carbocycles. The van der Waals surface area contributed by atoms with Gasteiger partial charge in [0.2, 0.25) is 0 Å². The van der Waals surface area contributed by atoms with Crippen molar-refractivity contribution in [1.29, 1.82) is 0 Å². The summed E-state index contributed by atoms with van der Waals surface area (Å²) in [6.45, 7) is 0.735. The third-order valence-electron chi connectivity index (χ3n) is 2.30. The molecule has 0 aliphatic carbocycles. The minimum absolute atomic E-state index is 0.282. The van der Waals surface area contributed by atoms with Crippen LogP contribution in [0.15, 0.2) is 24.3 Å². The predicted octanol–water partition coefficient (Wildman–Crippen LogP) is 1.70. The summed E-state index contributed by atoms with van der Waals surface area (Å²) >= 11 is 2.30. The number of nitrogens with two attached hydrogens (primary N) is 1. The van der Waals surface area contributed by atoms with Gasteiger partial charge in [-0.25, -0.2) is 0 Å². The third kappa shape index (κ3) is 4.92. The molecule has 0 heterocycles. The Labute approximate surface area is 104 Å². The van der Waals surface area contributed by atoms with E-state index in [2.05, 4.69) is 52.3 Å². The van der Waals surface area contributed by atoms with Crippen LogP contribution in [0.3, 0.4) is 0 Å². The van der Waals surface area contributed by atoms with Crippen LogP contribution in [0.1, 0.15) is 12.0 Å². The molecule has 1 aromatic rings. The molecule has 3 nitrogen and oxygen atoms in total. The number of hydrogen-bond donors (Lipinski definition) is 2. The van der Waals surface area contributed by atoms with Crippen LogP contribution in [0.5, 0.6) is 0 Å². The number of hydrazine groups is 1. The Morgan fingerprint density at radius 3 is 2.60 bits per heavy atom. The summed E-state index contributed by atoms with van der Waals surface area (Å²) in [6.07, 6.45) is 1.87. The second-order valence-electron chi connectivity index (χ2n) is 3.48. The molecule has 1 unspecified atom stereocenters. The van der Waals surface area contributed by atoms with Crippen molar-refractivity contribution in [3.63, 3.8) is 0 Å². The number of methoxy groups -OCH3 is 1. The van der Waals surface area contributed by atoms with Crippen molar-refractivity contribution in [2.45, 2.75) is 18.9 Å². The molecule has 1 rings (SSSR count). The Morgan fingerprint density at radius 2 is 2.07 bits per heavy atom. The second kappa shape index (κ2) is 7.16. The van der Waals surface area contributed by atoms with E-state index >= 15 is 0 Å². The average Bonchev–Trinajstić information content (AvgIpc) is 2.27. The van der Waals surface area contributed by atoms with Gasteiger partial charge in [0, 0.05) is 23.3 Å². The van der Waals surface area contributed by atoms with Crippen molar-refractivity contribution in [3.8, 4) is 0 Å². The lowest BCUT2D eigenvalue weighted by Crippen LogP contribution is -2.37. The first kappa shape index (κ1) is 12.9. The van der Waals surface area contributed by atoms with E-state index in [-0.39, 0.29) is 6.04 Å². The zero-order valence-corrected chi connectivity index (χ0v) is 11.0. The molecule has 0 fully saturated rings. The van der Waals surface area contributed by atoms with Gasteiger partial charge in [-0.2, -0.15) is 0 Å². The summed E-state index contributed by atoms with van der Waals surface area (Å²) in [7, 11) is 1.71. The molecule has 0 bridgehead atoms.